The quantitative estimate of drug-likeness (QED) is 0.160. The first-order valence-corrected chi connectivity index (χ1v) is 27.1. The topological polar surface area (TPSA) is 3.24 Å². The van der Waals surface area contributed by atoms with E-state index in [4.69, 9.17) is 0 Å². The molecule has 0 heterocycles. The molecule has 360 valence electrons. The van der Waals surface area contributed by atoms with Gasteiger partial charge in [0, 0.05) is 17.1 Å². The monoisotopic (exact) mass is 977 g/mol. The molecule has 77 heavy (non-hydrogen) atoms. The SMILES string of the molecule is Cc1ccc(-c2cc(-c3ccc(C)cc3)cc(-c3ccc(N(c4ccc5c(c4)C4(c6ccccc6-c6ccccc64)c4ccccc4-5)c4ccc5c(c4)C4(c6ccccc6-c6ccccc64)c4ccccc4-5)cc3)c2)cc1. The van der Waals surface area contributed by atoms with Crippen molar-refractivity contribution in [3.63, 3.8) is 0 Å². The first-order valence-electron chi connectivity index (χ1n) is 27.1. The van der Waals surface area contributed by atoms with Crippen LogP contribution in [0.15, 0.2) is 273 Å². The number of hydrogen-bond donors (Lipinski definition) is 0. The summed E-state index contributed by atoms with van der Waals surface area (Å²) in [4.78, 5) is 2.53. The summed E-state index contributed by atoms with van der Waals surface area (Å²) in [6.45, 7) is 4.31. The van der Waals surface area contributed by atoms with E-state index in [2.05, 4.69) is 292 Å². The molecule has 0 atom stereocenters. The minimum atomic E-state index is -0.483. The number of aryl methyl sites for hydroxylation is 2. The van der Waals surface area contributed by atoms with Crippen molar-refractivity contribution in [2.45, 2.75) is 24.7 Å². The summed E-state index contributed by atoms with van der Waals surface area (Å²) in [5, 5.41) is 0. The molecule has 0 radical (unpaired) electrons. The van der Waals surface area contributed by atoms with Crippen LogP contribution in [0.4, 0.5) is 17.1 Å². The summed E-state index contributed by atoms with van der Waals surface area (Å²) in [7, 11) is 0. The second kappa shape index (κ2) is 16.5. The molecule has 0 aromatic heterocycles. The van der Waals surface area contributed by atoms with Gasteiger partial charge in [-0.2, -0.15) is 0 Å². The molecule has 12 aromatic carbocycles. The third kappa shape index (κ3) is 6.11. The Labute approximate surface area is 450 Å². The Morgan fingerprint density at radius 1 is 0.208 bits per heavy atom. The minimum Gasteiger partial charge on any atom is -0.310 e. The van der Waals surface area contributed by atoms with Gasteiger partial charge in [0.2, 0.25) is 0 Å². The highest BCUT2D eigenvalue weighted by Crippen LogP contribution is 2.65. The molecule has 0 fully saturated rings. The van der Waals surface area contributed by atoms with E-state index in [0.717, 1.165) is 17.1 Å². The molecular formula is C76H51N. The van der Waals surface area contributed by atoms with Crippen LogP contribution in [0.25, 0.3) is 77.9 Å². The molecule has 16 rings (SSSR count). The number of rotatable bonds is 6. The van der Waals surface area contributed by atoms with Gasteiger partial charge < -0.3 is 4.90 Å². The molecule has 0 bridgehead atoms. The van der Waals surface area contributed by atoms with Crippen LogP contribution in [-0.4, -0.2) is 0 Å². The van der Waals surface area contributed by atoms with Crippen molar-refractivity contribution in [1.82, 2.24) is 0 Å². The summed E-state index contributed by atoms with van der Waals surface area (Å²) in [5.74, 6) is 0. The molecular weight excluding hydrogens is 927 g/mol. The van der Waals surface area contributed by atoms with Crippen LogP contribution in [0, 0.1) is 13.8 Å². The molecule has 12 aromatic rings. The first-order chi connectivity index (χ1) is 38.0. The second-order valence-electron chi connectivity index (χ2n) is 21.6. The molecule has 0 unspecified atom stereocenters. The fourth-order valence-electron chi connectivity index (χ4n) is 14.3. The first kappa shape index (κ1) is 43.8. The zero-order valence-corrected chi connectivity index (χ0v) is 42.9. The van der Waals surface area contributed by atoms with Gasteiger partial charge in [-0.3, -0.25) is 0 Å². The number of fused-ring (bicyclic) bond motifs is 20. The van der Waals surface area contributed by atoms with Gasteiger partial charge >= 0.3 is 0 Å². The van der Waals surface area contributed by atoms with Crippen LogP contribution < -0.4 is 4.90 Å². The summed E-state index contributed by atoms with van der Waals surface area (Å²) in [6, 6.07) is 104. The molecule has 0 N–H and O–H groups in total. The highest BCUT2D eigenvalue weighted by atomic mass is 15.1. The fraction of sp³-hybridized carbons (Fsp3) is 0.0526. The highest BCUT2D eigenvalue weighted by Gasteiger charge is 2.53. The van der Waals surface area contributed by atoms with Gasteiger partial charge in [-0.15, -0.1) is 0 Å². The van der Waals surface area contributed by atoms with Crippen LogP contribution in [0.3, 0.4) is 0 Å². The summed E-state index contributed by atoms with van der Waals surface area (Å²) >= 11 is 0. The molecule has 0 saturated carbocycles. The van der Waals surface area contributed by atoms with Gasteiger partial charge in [0.15, 0.2) is 0 Å². The van der Waals surface area contributed by atoms with Gasteiger partial charge in [-0.25, -0.2) is 0 Å². The molecule has 0 amide bonds. The number of nitrogens with zero attached hydrogens (tertiary/aromatic N) is 1. The number of benzene rings is 12. The standard InChI is InChI=1S/C76H51N/c1-48-27-31-50(32-28-48)53-43-54(51-33-29-49(2)30-34-51)45-55(44-53)52-35-37-56(38-36-52)77(57-39-41-65-63-19-7-13-25-71(63)75(73(65)46-57)67-21-9-3-15-59(67)60-16-4-10-22-68(60)75)58-40-42-66-64-20-8-14-26-72(64)76(74(66)47-58)69-23-11-5-17-61(69)62-18-6-12-24-70(62)76/h3-47H,1-2H3. The third-order valence-corrected chi connectivity index (χ3v) is 17.6. The van der Waals surface area contributed by atoms with Gasteiger partial charge in [0.25, 0.3) is 0 Å². The molecule has 4 aliphatic carbocycles. The van der Waals surface area contributed by atoms with Crippen molar-refractivity contribution in [1.29, 1.82) is 0 Å². The van der Waals surface area contributed by atoms with Gasteiger partial charge in [-0.1, -0.05) is 230 Å². The van der Waals surface area contributed by atoms with E-state index < -0.39 is 10.8 Å². The Kier molecular flexibility index (Phi) is 9.37. The maximum absolute atomic E-state index is 2.53. The maximum Gasteiger partial charge on any atom is 0.0726 e. The van der Waals surface area contributed by atoms with E-state index in [1.165, 1.54) is 134 Å². The van der Waals surface area contributed by atoms with Crippen LogP contribution in [0.5, 0.6) is 0 Å². The largest absolute Gasteiger partial charge is 0.310 e. The van der Waals surface area contributed by atoms with Crippen molar-refractivity contribution < 1.29 is 0 Å². The Balaban J connectivity index is 0.923. The lowest BCUT2D eigenvalue weighted by molar-refractivity contribution is 0.792. The average Bonchev–Trinajstić information content (AvgIpc) is 4.23. The maximum atomic E-state index is 2.53. The van der Waals surface area contributed by atoms with Crippen molar-refractivity contribution in [2.75, 3.05) is 4.90 Å². The summed E-state index contributed by atoms with van der Waals surface area (Å²) in [6.07, 6.45) is 0. The van der Waals surface area contributed by atoms with Crippen molar-refractivity contribution in [2.24, 2.45) is 0 Å². The smallest absolute Gasteiger partial charge is 0.0726 e. The lowest BCUT2D eigenvalue weighted by atomic mass is 9.70. The van der Waals surface area contributed by atoms with Crippen LogP contribution >= 0.6 is 0 Å². The van der Waals surface area contributed by atoms with E-state index in [9.17, 15) is 0 Å². The van der Waals surface area contributed by atoms with Crippen molar-refractivity contribution in [3.8, 4) is 77.9 Å². The second-order valence-corrected chi connectivity index (χ2v) is 21.6. The highest BCUT2D eigenvalue weighted by molar-refractivity contribution is 5.99. The lowest BCUT2D eigenvalue weighted by Gasteiger charge is -2.33. The lowest BCUT2D eigenvalue weighted by Crippen LogP contribution is -2.26. The fourth-order valence-corrected chi connectivity index (χ4v) is 14.3. The number of anilines is 3. The third-order valence-electron chi connectivity index (χ3n) is 17.6. The van der Waals surface area contributed by atoms with Crippen molar-refractivity contribution >= 4 is 17.1 Å². The van der Waals surface area contributed by atoms with E-state index in [0.29, 0.717) is 0 Å². The van der Waals surface area contributed by atoms with E-state index in [1.54, 1.807) is 0 Å². The average molecular weight is 978 g/mol. The molecule has 1 heteroatoms. The molecule has 2 spiro atoms. The zero-order chi connectivity index (χ0) is 51.0. The van der Waals surface area contributed by atoms with Gasteiger partial charge in [-0.05, 0) is 191 Å². The minimum absolute atomic E-state index is 0.483. The molecule has 4 aliphatic rings. The predicted octanol–water partition coefficient (Wildman–Crippen LogP) is 19.5. The van der Waals surface area contributed by atoms with Gasteiger partial charge in [0.1, 0.15) is 0 Å². The zero-order valence-electron chi connectivity index (χ0n) is 42.9. The molecule has 0 saturated heterocycles. The number of hydrogen-bond acceptors (Lipinski definition) is 1. The van der Waals surface area contributed by atoms with E-state index in [1.807, 2.05) is 0 Å². The molecule has 1 nitrogen and oxygen atoms in total. The summed E-state index contributed by atoms with van der Waals surface area (Å²) in [5.41, 5.74) is 33.1. The van der Waals surface area contributed by atoms with Crippen molar-refractivity contribution in [3.05, 3.63) is 329 Å². The van der Waals surface area contributed by atoms with E-state index >= 15 is 0 Å². The Morgan fingerprint density at radius 3 is 0.753 bits per heavy atom. The van der Waals surface area contributed by atoms with Crippen LogP contribution in [-0.2, 0) is 10.8 Å². The Bertz CT molecular complexity index is 4020. The molecule has 0 aliphatic heterocycles. The van der Waals surface area contributed by atoms with Gasteiger partial charge in [0.05, 0.1) is 10.8 Å². The van der Waals surface area contributed by atoms with Crippen LogP contribution in [0.1, 0.15) is 55.6 Å². The predicted molar refractivity (Wildman–Crippen MR) is 320 cm³/mol. The Morgan fingerprint density at radius 2 is 0.455 bits per heavy atom. The van der Waals surface area contributed by atoms with Crippen LogP contribution in [0.2, 0.25) is 0 Å². The van der Waals surface area contributed by atoms with E-state index in [-0.39, 0.29) is 0 Å². The summed E-state index contributed by atoms with van der Waals surface area (Å²) < 4.78 is 0. The normalized spacial score (nSPS) is 13.8. The Hall–Kier alpha value is -9.56.